The second-order valence-electron chi connectivity index (χ2n) is 5.15. The molecule has 1 aliphatic carbocycles. The number of hydrogen-bond acceptors (Lipinski definition) is 3. The highest BCUT2D eigenvalue weighted by atomic mass is 127. The Bertz CT molecular complexity index is 541. The fraction of sp³-hybridized carbons (Fsp3) is 0.538. The Labute approximate surface area is 138 Å². The van der Waals surface area contributed by atoms with Gasteiger partial charge in [0.2, 0.25) is 6.43 Å². The van der Waals surface area contributed by atoms with Crippen LogP contribution in [0.2, 0.25) is 0 Å². The molecule has 1 heterocycles. The van der Waals surface area contributed by atoms with Gasteiger partial charge in [0.1, 0.15) is 5.54 Å². The van der Waals surface area contributed by atoms with E-state index in [2.05, 4.69) is 27.9 Å². The molecule has 0 saturated heterocycles. The van der Waals surface area contributed by atoms with Crippen LogP contribution in [-0.2, 0) is 4.79 Å². The van der Waals surface area contributed by atoms with E-state index in [1.165, 1.54) is 11.3 Å². The van der Waals surface area contributed by atoms with Gasteiger partial charge in [-0.05, 0) is 54.3 Å². The summed E-state index contributed by atoms with van der Waals surface area (Å²) in [5.74, 6) is -2.41. The lowest BCUT2D eigenvalue weighted by Gasteiger charge is -2.37. The first-order valence-corrected chi connectivity index (χ1v) is 8.38. The van der Waals surface area contributed by atoms with Gasteiger partial charge < -0.3 is 10.4 Å². The summed E-state index contributed by atoms with van der Waals surface area (Å²) in [5.41, 5.74) is -1.03. The summed E-state index contributed by atoms with van der Waals surface area (Å²) in [7, 11) is 0. The lowest BCUT2D eigenvalue weighted by Crippen LogP contribution is -2.56. The second-order valence-corrected chi connectivity index (χ2v) is 7.96. The molecule has 0 bridgehead atoms. The molecular weight excluding hydrogens is 415 g/mol. The summed E-state index contributed by atoms with van der Waals surface area (Å²) >= 11 is 3.46. The molecule has 1 fully saturated rings. The monoisotopic (exact) mass is 429 g/mol. The van der Waals surface area contributed by atoms with Crippen molar-refractivity contribution in [3.63, 3.8) is 0 Å². The molecule has 4 nitrogen and oxygen atoms in total. The summed E-state index contributed by atoms with van der Waals surface area (Å²) in [6.07, 6.45) is -2.17. The summed E-state index contributed by atoms with van der Waals surface area (Å²) in [4.78, 5) is 23.7. The van der Waals surface area contributed by atoms with Gasteiger partial charge in [-0.1, -0.05) is 0 Å². The molecule has 21 heavy (non-hydrogen) atoms. The van der Waals surface area contributed by atoms with Crippen LogP contribution >= 0.6 is 33.9 Å². The Morgan fingerprint density at radius 2 is 2.05 bits per heavy atom. The van der Waals surface area contributed by atoms with Gasteiger partial charge >= 0.3 is 5.97 Å². The molecular formula is C13H14F2INO3S. The fourth-order valence-electron chi connectivity index (χ4n) is 2.50. The average molecular weight is 429 g/mol. The maximum absolute atomic E-state index is 12.7. The van der Waals surface area contributed by atoms with Gasteiger partial charge in [-0.3, -0.25) is 4.79 Å². The second kappa shape index (κ2) is 6.55. The maximum atomic E-state index is 12.7. The highest BCUT2D eigenvalue weighted by Crippen LogP contribution is 2.35. The summed E-state index contributed by atoms with van der Waals surface area (Å²) < 4.78 is 26.3. The SMILES string of the molecule is O=C(NC1(C(=O)O)CCC(C(F)F)CC1)c1csc(I)c1. The Hall–Kier alpha value is -0.770. The number of carboxylic acids is 1. The zero-order valence-corrected chi connectivity index (χ0v) is 13.9. The normalized spacial score (nSPS) is 25.8. The number of alkyl halides is 2. The lowest BCUT2D eigenvalue weighted by molar-refractivity contribution is -0.147. The Balaban J connectivity index is 2.10. The molecule has 116 valence electrons. The topological polar surface area (TPSA) is 66.4 Å². The van der Waals surface area contributed by atoms with Gasteiger partial charge in [-0.15, -0.1) is 11.3 Å². The molecule has 1 amide bonds. The third kappa shape index (κ3) is 3.71. The summed E-state index contributed by atoms with van der Waals surface area (Å²) in [6.45, 7) is 0. The molecule has 2 rings (SSSR count). The molecule has 0 unspecified atom stereocenters. The molecule has 0 radical (unpaired) electrons. The van der Waals surface area contributed by atoms with Crippen molar-refractivity contribution in [3.8, 4) is 0 Å². The fourth-order valence-corrected chi connectivity index (χ4v) is 3.82. The first-order valence-electron chi connectivity index (χ1n) is 6.42. The van der Waals surface area contributed by atoms with Crippen molar-refractivity contribution < 1.29 is 23.5 Å². The summed E-state index contributed by atoms with van der Waals surface area (Å²) in [6, 6.07) is 1.67. The van der Waals surface area contributed by atoms with E-state index in [4.69, 9.17) is 0 Å². The van der Waals surface area contributed by atoms with Crippen LogP contribution in [0.4, 0.5) is 8.78 Å². The predicted octanol–water partition coefficient (Wildman–Crippen LogP) is 3.36. The van der Waals surface area contributed by atoms with E-state index in [1.807, 2.05) is 0 Å². The van der Waals surface area contributed by atoms with Crippen LogP contribution in [0.15, 0.2) is 11.4 Å². The molecule has 1 aromatic heterocycles. The number of thiophene rings is 1. The molecule has 0 aliphatic heterocycles. The van der Waals surface area contributed by atoms with Gasteiger partial charge in [-0.2, -0.15) is 0 Å². The van der Waals surface area contributed by atoms with Gasteiger partial charge in [0, 0.05) is 11.3 Å². The molecule has 2 N–H and O–H groups in total. The number of carbonyl (C=O) groups excluding carboxylic acids is 1. The van der Waals surface area contributed by atoms with Gasteiger partial charge in [0.25, 0.3) is 5.91 Å². The minimum atomic E-state index is -2.44. The highest BCUT2D eigenvalue weighted by molar-refractivity contribution is 14.1. The Morgan fingerprint density at radius 1 is 1.43 bits per heavy atom. The number of amides is 1. The first-order chi connectivity index (χ1) is 9.84. The molecule has 0 atom stereocenters. The number of halogens is 3. The van der Waals surface area contributed by atoms with Gasteiger partial charge in [0.05, 0.1) is 8.45 Å². The van der Waals surface area contributed by atoms with E-state index in [1.54, 1.807) is 11.4 Å². The maximum Gasteiger partial charge on any atom is 0.329 e. The minimum Gasteiger partial charge on any atom is -0.480 e. The zero-order valence-electron chi connectivity index (χ0n) is 10.9. The standard InChI is InChI=1S/C13H14F2INO3S/c14-10(15)7-1-3-13(4-2-7,12(19)20)17-11(18)8-5-9(16)21-6-8/h5-7,10H,1-4H2,(H,17,18)(H,19,20). The van der Waals surface area contributed by atoms with Crippen LogP contribution in [0, 0.1) is 8.80 Å². The largest absolute Gasteiger partial charge is 0.480 e. The van der Waals surface area contributed by atoms with Crippen molar-refractivity contribution in [2.75, 3.05) is 0 Å². The van der Waals surface area contributed by atoms with Crippen LogP contribution in [0.1, 0.15) is 36.0 Å². The van der Waals surface area contributed by atoms with Crippen LogP contribution in [0.5, 0.6) is 0 Å². The molecule has 8 heteroatoms. The zero-order chi connectivity index (χ0) is 15.6. The van der Waals surface area contributed by atoms with Crippen LogP contribution in [0.3, 0.4) is 0 Å². The number of rotatable bonds is 4. The number of aliphatic carboxylic acids is 1. The van der Waals surface area contributed by atoms with E-state index in [9.17, 15) is 23.5 Å². The molecule has 0 aromatic carbocycles. The van der Waals surface area contributed by atoms with Crippen molar-refractivity contribution in [1.29, 1.82) is 0 Å². The number of hydrogen-bond donors (Lipinski definition) is 2. The quantitative estimate of drug-likeness (QED) is 0.722. The van der Waals surface area contributed by atoms with Crippen molar-refractivity contribution >= 4 is 45.8 Å². The van der Waals surface area contributed by atoms with Gasteiger partial charge in [-0.25, -0.2) is 13.6 Å². The van der Waals surface area contributed by atoms with Gasteiger partial charge in [0.15, 0.2) is 0 Å². The van der Waals surface area contributed by atoms with Crippen LogP contribution in [0.25, 0.3) is 0 Å². The van der Waals surface area contributed by atoms with E-state index in [-0.39, 0.29) is 25.7 Å². The Morgan fingerprint density at radius 3 is 2.48 bits per heavy atom. The molecule has 0 spiro atoms. The van der Waals surface area contributed by atoms with Crippen molar-refractivity contribution in [2.45, 2.75) is 37.6 Å². The lowest BCUT2D eigenvalue weighted by atomic mass is 9.76. The number of carboxylic acid groups (broad SMARTS) is 1. The predicted molar refractivity (Wildman–Crippen MR) is 82.8 cm³/mol. The number of nitrogens with one attached hydrogen (secondary N) is 1. The van der Waals surface area contributed by atoms with Crippen molar-refractivity contribution in [2.24, 2.45) is 5.92 Å². The van der Waals surface area contributed by atoms with Crippen molar-refractivity contribution in [3.05, 3.63) is 19.9 Å². The summed E-state index contributed by atoms with van der Waals surface area (Å²) in [5, 5.41) is 13.6. The third-order valence-corrected chi connectivity index (χ3v) is 5.62. The molecule has 1 saturated carbocycles. The molecule has 1 aromatic rings. The van der Waals surface area contributed by atoms with E-state index in [0.717, 1.165) is 2.88 Å². The molecule has 1 aliphatic rings. The van der Waals surface area contributed by atoms with E-state index < -0.39 is 29.8 Å². The van der Waals surface area contributed by atoms with Crippen LogP contribution in [-0.4, -0.2) is 28.9 Å². The smallest absolute Gasteiger partial charge is 0.329 e. The van der Waals surface area contributed by atoms with E-state index >= 15 is 0 Å². The van der Waals surface area contributed by atoms with Crippen LogP contribution < -0.4 is 5.32 Å². The third-order valence-electron chi connectivity index (χ3n) is 3.83. The van der Waals surface area contributed by atoms with E-state index in [0.29, 0.717) is 5.56 Å². The minimum absolute atomic E-state index is 0.0321. The number of carbonyl (C=O) groups is 2. The Kier molecular flexibility index (Phi) is 5.18. The average Bonchev–Trinajstić information content (AvgIpc) is 2.86. The highest BCUT2D eigenvalue weighted by Gasteiger charge is 2.45. The van der Waals surface area contributed by atoms with Crippen molar-refractivity contribution in [1.82, 2.24) is 5.32 Å². The first kappa shape index (κ1) is 16.6.